The van der Waals surface area contributed by atoms with Crippen LogP contribution in [0.5, 0.6) is 5.75 Å². The molecule has 0 radical (unpaired) electrons. The number of carbonyl (C=O) groups is 3. The summed E-state index contributed by atoms with van der Waals surface area (Å²) in [5.41, 5.74) is 2.98. The Morgan fingerprint density at radius 2 is 1.41 bits per heavy atom. The van der Waals surface area contributed by atoms with Gasteiger partial charge in [0.1, 0.15) is 17.0 Å². The topological polar surface area (TPSA) is 133 Å². The van der Waals surface area contributed by atoms with E-state index in [1.807, 2.05) is 12.1 Å². The van der Waals surface area contributed by atoms with Gasteiger partial charge in [-0.05, 0) is 87.4 Å². The number of benzene rings is 2. The highest BCUT2D eigenvalue weighted by Gasteiger charge is 2.14. The fourth-order valence-corrected chi connectivity index (χ4v) is 3.91. The van der Waals surface area contributed by atoms with Crippen LogP contribution >= 0.6 is 0 Å². The van der Waals surface area contributed by atoms with E-state index < -0.39 is 23.5 Å². The molecule has 0 unspecified atom stereocenters. The Kier molecular flexibility index (Phi) is 10.5. The molecule has 0 fully saturated rings. The SMILES string of the molecule is C=C(C)C(=O)OCCCc1cc(CCCOC(=O)C(=C)C)c2oc(=O)c(-c3ccc(OC(=O)C(C)=N)cc3)cc2c1. The van der Waals surface area contributed by atoms with Gasteiger partial charge in [-0.25, -0.2) is 19.2 Å². The monoisotopic (exact) mass is 559 g/mol. The zero-order chi connectivity index (χ0) is 30.1. The Morgan fingerprint density at radius 3 is 1.98 bits per heavy atom. The summed E-state index contributed by atoms with van der Waals surface area (Å²) in [4.78, 5) is 48.1. The molecule has 0 saturated heterocycles. The van der Waals surface area contributed by atoms with Crippen molar-refractivity contribution in [2.75, 3.05) is 13.2 Å². The van der Waals surface area contributed by atoms with Gasteiger partial charge in [0.2, 0.25) is 0 Å². The van der Waals surface area contributed by atoms with Gasteiger partial charge in [0.15, 0.2) is 0 Å². The van der Waals surface area contributed by atoms with E-state index in [4.69, 9.17) is 24.0 Å². The molecule has 9 nitrogen and oxygen atoms in total. The maximum Gasteiger partial charge on any atom is 0.357 e. The van der Waals surface area contributed by atoms with Crippen LogP contribution in [0, 0.1) is 5.41 Å². The Balaban J connectivity index is 1.89. The Hall–Kier alpha value is -4.79. The predicted octanol–water partition coefficient (Wildman–Crippen LogP) is 5.51. The van der Waals surface area contributed by atoms with Crippen LogP contribution in [-0.2, 0) is 36.7 Å². The van der Waals surface area contributed by atoms with Crippen LogP contribution in [0.3, 0.4) is 0 Å². The van der Waals surface area contributed by atoms with Gasteiger partial charge in [-0.15, -0.1) is 0 Å². The third kappa shape index (κ3) is 8.60. The lowest BCUT2D eigenvalue weighted by molar-refractivity contribution is -0.139. The Labute approximate surface area is 237 Å². The van der Waals surface area contributed by atoms with Crippen molar-refractivity contribution in [3.8, 4) is 16.9 Å². The van der Waals surface area contributed by atoms with Crippen molar-refractivity contribution in [1.82, 2.24) is 0 Å². The van der Waals surface area contributed by atoms with Gasteiger partial charge in [0.25, 0.3) is 0 Å². The summed E-state index contributed by atoms with van der Waals surface area (Å²) < 4.78 is 21.3. The summed E-state index contributed by atoms with van der Waals surface area (Å²) in [6.45, 7) is 12.1. The van der Waals surface area contributed by atoms with E-state index in [1.54, 1.807) is 44.2 Å². The van der Waals surface area contributed by atoms with E-state index in [2.05, 4.69) is 13.2 Å². The van der Waals surface area contributed by atoms with Crippen LogP contribution in [0.2, 0.25) is 0 Å². The molecule has 2 aromatic carbocycles. The zero-order valence-corrected chi connectivity index (χ0v) is 23.5. The van der Waals surface area contributed by atoms with E-state index in [0.29, 0.717) is 58.9 Å². The molecule has 3 rings (SSSR count). The van der Waals surface area contributed by atoms with Gasteiger partial charge in [-0.1, -0.05) is 31.4 Å². The summed E-state index contributed by atoms with van der Waals surface area (Å²) in [6.07, 6.45) is 2.19. The molecule has 0 amide bonds. The first kappa shape index (κ1) is 30.7. The number of fused-ring (bicyclic) bond motifs is 1. The van der Waals surface area contributed by atoms with Crippen LogP contribution in [-0.4, -0.2) is 36.8 Å². The first-order chi connectivity index (χ1) is 19.5. The molecular weight excluding hydrogens is 526 g/mol. The van der Waals surface area contributed by atoms with Crippen molar-refractivity contribution in [2.24, 2.45) is 0 Å². The van der Waals surface area contributed by atoms with Gasteiger partial charge >= 0.3 is 23.5 Å². The lowest BCUT2D eigenvalue weighted by Gasteiger charge is -2.12. The van der Waals surface area contributed by atoms with Gasteiger partial charge in [-0.2, -0.15) is 0 Å². The molecule has 3 aromatic rings. The molecular formula is C32H33NO8. The molecule has 9 heteroatoms. The zero-order valence-electron chi connectivity index (χ0n) is 23.5. The highest BCUT2D eigenvalue weighted by Crippen LogP contribution is 2.27. The summed E-state index contributed by atoms with van der Waals surface area (Å²) in [6, 6.07) is 12.0. The van der Waals surface area contributed by atoms with Gasteiger partial charge in [-0.3, -0.25) is 5.41 Å². The normalized spacial score (nSPS) is 10.6. The van der Waals surface area contributed by atoms with Crippen molar-refractivity contribution < 1.29 is 33.0 Å². The van der Waals surface area contributed by atoms with Crippen LogP contribution in [0.15, 0.2) is 76.0 Å². The molecule has 0 spiro atoms. The third-order valence-corrected chi connectivity index (χ3v) is 6.01. The van der Waals surface area contributed by atoms with Crippen LogP contribution < -0.4 is 10.4 Å². The summed E-state index contributed by atoms with van der Waals surface area (Å²) in [5.74, 6) is -1.40. The van der Waals surface area contributed by atoms with Gasteiger partial charge < -0.3 is 18.6 Å². The molecule has 0 aliphatic heterocycles. The molecule has 1 heterocycles. The highest BCUT2D eigenvalue weighted by atomic mass is 16.5. The van der Waals surface area contributed by atoms with E-state index in [-0.39, 0.29) is 24.7 Å². The minimum atomic E-state index is -0.758. The molecule has 0 atom stereocenters. The lowest BCUT2D eigenvalue weighted by Crippen LogP contribution is -2.16. The van der Waals surface area contributed by atoms with Crippen molar-refractivity contribution in [2.45, 2.75) is 46.5 Å². The van der Waals surface area contributed by atoms with Crippen molar-refractivity contribution >= 4 is 34.6 Å². The van der Waals surface area contributed by atoms with Crippen molar-refractivity contribution in [3.05, 3.63) is 88.3 Å². The smallest absolute Gasteiger partial charge is 0.357 e. The van der Waals surface area contributed by atoms with Crippen molar-refractivity contribution in [1.29, 1.82) is 5.41 Å². The molecule has 0 bridgehead atoms. The average molecular weight is 560 g/mol. The third-order valence-electron chi connectivity index (χ3n) is 6.01. The summed E-state index contributed by atoms with van der Waals surface area (Å²) >= 11 is 0. The Bertz CT molecular complexity index is 1560. The largest absolute Gasteiger partial charge is 0.462 e. The van der Waals surface area contributed by atoms with Crippen LogP contribution in [0.4, 0.5) is 0 Å². The molecule has 0 aliphatic rings. The van der Waals surface area contributed by atoms with E-state index in [0.717, 1.165) is 11.1 Å². The van der Waals surface area contributed by atoms with E-state index in [1.165, 1.54) is 6.92 Å². The second-order valence-electron chi connectivity index (χ2n) is 9.70. The molecule has 41 heavy (non-hydrogen) atoms. The predicted molar refractivity (Wildman–Crippen MR) is 155 cm³/mol. The number of hydrogen-bond donors (Lipinski definition) is 1. The number of carbonyl (C=O) groups excluding carboxylic acids is 3. The standard InChI is InChI=1S/C32H33NO8/c1-19(2)29(34)38-14-6-8-22-16-24(9-7-15-39-30(35)20(3)4)28-25(17-22)18-27(32(37)41-28)23-10-12-26(13-11-23)40-31(36)21(5)33/h10-13,16-18,33H,1,3,6-9,14-15H2,2,4-5H3. The average Bonchev–Trinajstić information content (AvgIpc) is 2.93. The van der Waals surface area contributed by atoms with Crippen LogP contribution in [0.25, 0.3) is 22.1 Å². The maximum atomic E-state index is 13.0. The van der Waals surface area contributed by atoms with Gasteiger partial charge in [0, 0.05) is 16.5 Å². The molecule has 1 N–H and O–H groups in total. The first-order valence-electron chi connectivity index (χ1n) is 13.1. The second-order valence-corrected chi connectivity index (χ2v) is 9.70. The molecule has 0 aliphatic carbocycles. The Morgan fingerprint density at radius 1 is 0.829 bits per heavy atom. The van der Waals surface area contributed by atoms with E-state index >= 15 is 0 Å². The molecule has 0 saturated carbocycles. The second kappa shape index (κ2) is 14.0. The fourth-order valence-electron chi connectivity index (χ4n) is 3.91. The maximum absolute atomic E-state index is 13.0. The van der Waals surface area contributed by atoms with Crippen LogP contribution in [0.1, 0.15) is 44.7 Å². The van der Waals surface area contributed by atoms with Crippen molar-refractivity contribution in [3.63, 3.8) is 0 Å². The minimum Gasteiger partial charge on any atom is -0.462 e. The first-order valence-corrected chi connectivity index (χ1v) is 13.1. The van der Waals surface area contributed by atoms with Gasteiger partial charge in [0.05, 0.1) is 18.8 Å². The number of hydrogen-bond acceptors (Lipinski definition) is 9. The number of esters is 3. The summed E-state index contributed by atoms with van der Waals surface area (Å²) in [5, 5.41) is 8.07. The highest BCUT2D eigenvalue weighted by molar-refractivity contribution is 6.34. The minimum absolute atomic E-state index is 0.186. The number of aryl methyl sites for hydroxylation is 2. The number of nitrogens with one attached hydrogen (secondary N) is 1. The summed E-state index contributed by atoms with van der Waals surface area (Å²) in [7, 11) is 0. The quantitative estimate of drug-likeness (QED) is 0.0724. The lowest BCUT2D eigenvalue weighted by atomic mass is 9.98. The fraction of sp³-hybridized carbons (Fsp3) is 0.281. The molecule has 1 aromatic heterocycles. The van der Waals surface area contributed by atoms with E-state index in [9.17, 15) is 19.2 Å². The number of ether oxygens (including phenoxy) is 3. The number of rotatable bonds is 13. The molecule has 214 valence electrons.